The quantitative estimate of drug-likeness (QED) is 0.188. The largest absolute Gasteiger partial charge is 0.421 e. The molecule has 4 aromatic rings. The van der Waals surface area contributed by atoms with Crippen LogP contribution in [0.3, 0.4) is 0 Å². The second-order valence-electron chi connectivity index (χ2n) is 7.21. The van der Waals surface area contributed by atoms with E-state index < -0.39 is 10.9 Å². The van der Waals surface area contributed by atoms with Gasteiger partial charge in [0.15, 0.2) is 5.75 Å². The molecular formula is C23H20N4O4. The predicted octanol–water partition coefficient (Wildman–Crippen LogP) is 5.06. The SMILES string of the molecule is CCC(C)c1ccc(OC(=O)c2ccc([N+](=O)[O-])cc2)c(-n2nc3ccccc3n2)c1. The number of benzene rings is 3. The Balaban J connectivity index is 1.72. The molecule has 0 N–H and O–H groups in total. The van der Waals surface area contributed by atoms with Crippen molar-refractivity contribution in [2.75, 3.05) is 0 Å². The topological polar surface area (TPSA) is 100 Å². The summed E-state index contributed by atoms with van der Waals surface area (Å²) in [5.74, 6) is -0.0111. The molecule has 0 amide bonds. The first-order chi connectivity index (χ1) is 15.0. The van der Waals surface area contributed by atoms with Crippen LogP contribution in [-0.2, 0) is 0 Å². The number of non-ortho nitro benzene ring substituents is 1. The molecule has 0 saturated carbocycles. The minimum atomic E-state index is -0.621. The molecule has 0 bridgehead atoms. The molecule has 0 spiro atoms. The van der Waals surface area contributed by atoms with E-state index in [4.69, 9.17) is 4.74 Å². The van der Waals surface area contributed by atoms with E-state index in [2.05, 4.69) is 24.0 Å². The highest BCUT2D eigenvalue weighted by Crippen LogP contribution is 2.29. The minimum Gasteiger partial charge on any atom is -0.421 e. The number of fused-ring (bicyclic) bond motifs is 1. The standard InChI is InChI=1S/C23H20N4O4/c1-3-15(2)17-10-13-22(31-23(28)16-8-11-18(12-9-16)27(29)30)21(14-17)26-24-19-6-4-5-7-20(19)25-26/h4-15H,3H2,1-2H3. The van der Waals surface area contributed by atoms with Crippen molar-refractivity contribution in [1.29, 1.82) is 0 Å². The van der Waals surface area contributed by atoms with Crippen molar-refractivity contribution < 1.29 is 14.5 Å². The number of nitrogens with zero attached hydrogens (tertiary/aromatic N) is 4. The van der Waals surface area contributed by atoms with Gasteiger partial charge in [0.1, 0.15) is 16.7 Å². The fourth-order valence-electron chi connectivity index (χ4n) is 3.16. The third-order valence-corrected chi connectivity index (χ3v) is 5.18. The summed E-state index contributed by atoms with van der Waals surface area (Å²) >= 11 is 0. The summed E-state index contributed by atoms with van der Waals surface area (Å²) in [6, 6.07) is 18.3. The van der Waals surface area contributed by atoms with Crippen LogP contribution in [0.5, 0.6) is 5.75 Å². The number of carbonyl (C=O) groups excluding carboxylic acids is 1. The Bertz CT molecular complexity index is 1230. The van der Waals surface area contributed by atoms with Crippen LogP contribution in [0, 0.1) is 10.1 Å². The average Bonchev–Trinajstić information content (AvgIpc) is 3.23. The van der Waals surface area contributed by atoms with Gasteiger partial charge in [0, 0.05) is 12.1 Å². The van der Waals surface area contributed by atoms with Gasteiger partial charge in [0.25, 0.3) is 5.69 Å². The molecule has 1 heterocycles. The molecule has 1 atom stereocenters. The highest BCUT2D eigenvalue weighted by molar-refractivity contribution is 5.91. The van der Waals surface area contributed by atoms with Gasteiger partial charge in [-0.15, -0.1) is 15.0 Å². The van der Waals surface area contributed by atoms with E-state index in [1.54, 1.807) is 6.07 Å². The second kappa shape index (κ2) is 8.35. The summed E-state index contributed by atoms with van der Waals surface area (Å²) in [5, 5.41) is 19.9. The van der Waals surface area contributed by atoms with Crippen molar-refractivity contribution in [3.8, 4) is 11.4 Å². The van der Waals surface area contributed by atoms with E-state index in [0.717, 1.165) is 23.0 Å². The van der Waals surface area contributed by atoms with Gasteiger partial charge in [-0.2, -0.15) is 0 Å². The Morgan fingerprint density at radius 2 is 1.71 bits per heavy atom. The maximum Gasteiger partial charge on any atom is 0.343 e. The molecule has 0 saturated heterocycles. The summed E-state index contributed by atoms with van der Waals surface area (Å²) in [5.41, 5.74) is 3.19. The molecule has 0 aliphatic heterocycles. The normalized spacial score (nSPS) is 11.9. The first-order valence-electron chi connectivity index (χ1n) is 9.89. The summed E-state index contributed by atoms with van der Waals surface area (Å²) < 4.78 is 5.64. The first-order valence-corrected chi connectivity index (χ1v) is 9.89. The van der Waals surface area contributed by atoms with Crippen LogP contribution in [0.2, 0.25) is 0 Å². The van der Waals surface area contributed by atoms with Crippen molar-refractivity contribution in [1.82, 2.24) is 15.0 Å². The summed E-state index contributed by atoms with van der Waals surface area (Å²) in [7, 11) is 0. The van der Waals surface area contributed by atoms with Crippen molar-refractivity contribution in [3.05, 3.63) is 88.0 Å². The monoisotopic (exact) mass is 416 g/mol. The van der Waals surface area contributed by atoms with Gasteiger partial charge in [0.2, 0.25) is 0 Å². The Hall–Kier alpha value is -4.07. The number of aromatic nitrogens is 3. The van der Waals surface area contributed by atoms with Gasteiger partial charge in [-0.3, -0.25) is 10.1 Å². The highest BCUT2D eigenvalue weighted by Gasteiger charge is 2.18. The zero-order valence-electron chi connectivity index (χ0n) is 17.1. The molecule has 8 nitrogen and oxygen atoms in total. The summed E-state index contributed by atoms with van der Waals surface area (Å²) in [6.07, 6.45) is 0.954. The maximum absolute atomic E-state index is 12.7. The molecular weight excluding hydrogens is 396 g/mol. The van der Waals surface area contributed by atoms with Crippen LogP contribution in [-0.4, -0.2) is 25.9 Å². The predicted molar refractivity (Wildman–Crippen MR) is 116 cm³/mol. The van der Waals surface area contributed by atoms with E-state index >= 15 is 0 Å². The molecule has 4 rings (SSSR count). The van der Waals surface area contributed by atoms with Crippen LogP contribution in [0.25, 0.3) is 16.7 Å². The van der Waals surface area contributed by atoms with Crippen molar-refractivity contribution >= 4 is 22.7 Å². The van der Waals surface area contributed by atoms with E-state index in [0.29, 0.717) is 17.4 Å². The molecule has 0 aliphatic rings. The average molecular weight is 416 g/mol. The Morgan fingerprint density at radius 1 is 1.06 bits per heavy atom. The van der Waals surface area contributed by atoms with Crippen LogP contribution in [0.1, 0.15) is 42.1 Å². The van der Waals surface area contributed by atoms with Crippen LogP contribution < -0.4 is 4.74 Å². The number of ether oxygens (including phenoxy) is 1. The summed E-state index contributed by atoms with van der Waals surface area (Å²) in [4.78, 5) is 24.5. The van der Waals surface area contributed by atoms with Gasteiger partial charge in [-0.25, -0.2) is 4.79 Å². The molecule has 1 aromatic heterocycles. The fourth-order valence-corrected chi connectivity index (χ4v) is 3.16. The number of nitro benzene ring substituents is 1. The third kappa shape index (κ3) is 4.13. The number of hydrogen-bond donors (Lipinski definition) is 0. The molecule has 31 heavy (non-hydrogen) atoms. The van der Waals surface area contributed by atoms with Crippen LogP contribution in [0.15, 0.2) is 66.7 Å². The van der Waals surface area contributed by atoms with E-state index in [-0.39, 0.29) is 11.3 Å². The number of hydrogen-bond acceptors (Lipinski definition) is 6. The Kier molecular flexibility index (Phi) is 5.44. The van der Waals surface area contributed by atoms with E-state index in [1.165, 1.54) is 29.1 Å². The van der Waals surface area contributed by atoms with Crippen LogP contribution >= 0.6 is 0 Å². The smallest absolute Gasteiger partial charge is 0.343 e. The third-order valence-electron chi connectivity index (χ3n) is 5.18. The zero-order chi connectivity index (χ0) is 22.0. The van der Waals surface area contributed by atoms with E-state index in [9.17, 15) is 14.9 Å². The van der Waals surface area contributed by atoms with Gasteiger partial charge < -0.3 is 4.74 Å². The van der Waals surface area contributed by atoms with Crippen molar-refractivity contribution in [2.24, 2.45) is 0 Å². The number of esters is 1. The Morgan fingerprint density at radius 3 is 2.29 bits per heavy atom. The maximum atomic E-state index is 12.7. The van der Waals surface area contributed by atoms with Gasteiger partial charge in [-0.1, -0.05) is 32.0 Å². The van der Waals surface area contributed by atoms with Gasteiger partial charge >= 0.3 is 5.97 Å². The van der Waals surface area contributed by atoms with Gasteiger partial charge in [-0.05, 0) is 54.3 Å². The number of rotatable bonds is 6. The number of nitro groups is 1. The second-order valence-corrected chi connectivity index (χ2v) is 7.21. The fraction of sp³-hybridized carbons (Fsp3) is 0.174. The molecule has 156 valence electrons. The van der Waals surface area contributed by atoms with Crippen molar-refractivity contribution in [3.63, 3.8) is 0 Å². The molecule has 3 aromatic carbocycles. The van der Waals surface area contributed by atoms with Gasteiger partial charge in [0.05, 0.1) is 10.5 Å². The van der Waals surface area contributed by atoms with Crippen LogP contribution in [0.4, 0.5) is 5.69 Å². The zero-order valence-corrected chi connectivity index (χ0v) is 17.1. The lowest BCUT2D eigenvalue weighted by atomic mass is 9.98. The molecule has 0 aliphatic carbocycles. The first kappa shape index (κ1) is 20.2. The Labute approximate surface area is 178 Å². The lowest BCUT2D eigenvalue weighted by molar-refractivity contribution is -0.384. The molecule has 0 radical (unpaired) electrons. The lowest BCUT2D eigenvalue weighted by Gasteiger charge is -2.14. The van der Waals surface area contributed by atoms with Crippen molar-refractivity contribution in [2.45, 2.75) is 26.2 Å². The number of carbonyl (C=O) groups is 1. The summed E-state index contributed by atoms with van der Waals surface area (Å²) in [6.45, 7) is 4.22. The molecule has 8 heteroatoms. The highest BCUT2D eigenvalue weighted by atomic mass is 16.6. The molecule has 1 unspecified atom stereocenters. The minimum absolute atomic E-state index is 0.0948. The lowest BCUT2D eigenvalue weighted by Crippen LogP contribution is -2.12. The molecule has 0 fully saturated rings. The van der Waals surface area contributed by atoms with E-state index in [1.807, 2.05) is 36.4 Å².